The van der Waals surface area contributed by atoms with E-state index < -0.39 is 23.3 Å². The van der Waals surface area contributed by atoms with Crippen LogP contribution in [0, 0.1) is 5.41 Å². The van der Waals surface area contributed by atoms with Crippen LogP contribution in [0.1, 0.15) is 31.1 Å². The van der Waals surface area contributed by atoms with Crippen LogP contribution in [0.25, 0.3) is 0 Å². The molecular formula is C13H16Cl2N2O3. The van der Waals surface area contributed by atoms with Crippen LogP contribution in [0.15, 0.2) is 12.1 Å². The van der Waals surface area contributed by atoms with Gasteiger partial charge in [-0.1, -0.05) is 44.0 Å². The molecule has 0 fully saturated rings. The summed E-state index contributed by atoms with van der Waals surface area (Å²) in [7, 11) is 0. The largest absolute Gasteiger partial charge is 0.480 e. The van der Waals surface area contributed by atoms with E-state index in [1.54, 1.807) is 20.8 Å². The lowest BCUT2D eigenvalue weighted by Crippen LogP contribution is -2.49. The summed E-state index contributed by atoms with van der Waals surface area (Å²) in [5.41, 5.74) is 5.28. The molecule has 0 aliphatic rings. The highest BCUT2D eigenvalue weighted by atomic mass is 35.5. The summed E-state index contributed by atoms with van der Waals surface area (Å²) in [6.45, 7) is 5.15. The smallest absolute Gasteiger partial charge is 0.326 e. The molecule has 0 aliphatic heterocycles. The number of anilines is 1. The third kappa shape index (κ3) is 3.77. The van der Waals surface area contributed by atoms with E-state index in [9.17, 15) is 14.7 Å². The minimum absolute atomic E-state index is 0.144. The van der Waals surface area contributed by atoms with Gasteiger partial charge in [-0.05, 0) is 17.5 Å². The molecule has 110 valence electrons. The molecule has 0 bridgehead atoms. The number of rotatable bonds is 3. The van der Waals surface area contributed by atoms with Crippen molar-refractivity contribution in [2.24, 2.45) is 5.41 Å². The van der Waals surface area contributed by atoms with Gasteiger partial charge in [0.2, 0.25) is 0 Å². The zero-order valence-electron chi connectivity index (χ0n) is 11.3. The van der Waals surface area contributed by atoms with Gasteiger partial charge in [0.25, 0.3) is 5.91 Å². The number of hydrogen-bond acceptors (Lipinski definition) is 3. The van der Waals surface area contributed by atoms with E-state index in [1.165, 1.54) is 12.1 Å². The van der Waals surface area contributed by atoms with Crippen molar-refractivity contribution in [3.8, 4) is 0 Å². The van der Waals surface area contributed by atoms with Crippen molar-refractivity contribution >= 4 is 40.8 Å². The Kier molecular flexibility index (Phi) is 4.89. The van der Waals surface area contributed by atoms with Gasteiger partial charge < -0.3 is 16.2 Å². The molecule has 0 radical (unpaired) electrons. The molecule has 1 aromatic rings. The fourth-order valence-corrected chi connectivity index (χ4v) is 2.07. The van der Waals surface area contributed by atoms with Gasteiger partial charge in [-0.3, -0.25) is 4.79 Å². The van der Waals surface area contributed by atoms with E-state index in [2.05, 4.69) is 5.32 Å². The van der Waals surface area contributed by atoms with Crippen molar-refractivity contribution in [1.82, 2.24) is 5.32 Å². The number of amides is 1. The standard InChI is InChI=1S/C13H16Cl2N2O3/c1-13(2,3)10(12(19)20)17-11(18)6-4-7(14)9(16)8(15)5-6/h4-5,10H,16H2,1-3H3,(H,17,18)(H,19,20)/t10-/m1/s1. The molecule has 1 amide bonds. The van der Waals surface area contributed by atoms with Gasteiger partial charge in [-0.15, -0.1) is 0 Å². The number of aliphatic carboxylic acids is 1. The maximum atomic E-state index is 12.1. The minimum atomic E-state index is -1.11. The van der Waals surface area contributed by atoms with Gasteiger partial charge in [0.1, 0.15) is 6.04 Å². The lowest BCUT2D eigenvalue weighted by Gasteiger charge is -2.27. The fraction of sp³-hybridized carbons (Fsp3) is 0.385. The number of carboxylic acid groups (broad SMARTS) is 1. The summed E-state index contributed by atoms with van der Waals surface area (Å²) in [6, 6.07) is 1.66. The van der Waals surface area contributed by atoms with Crippen LogP contribution in [0.3, 0.4) is 0 Å². The second-order valence-electron chi connectivity index (χ2n) is 5.46. The maximum absolute atomic E-state index is 12.1. The fourth-order valence-electron chi connectivity index (χ4n) is 1.58. The molecular weight excluding hydrogens is 303 g/mol. The predicted molar refractivity (Wildman–Crippen MR) is 79.2 cm³/mol. The second-order valence-corrected chi connectivity index (χ2v) is 6.28. The number of nitrogen functional groups attached to an aromatic ring is 1. The number of hydrogen-bond donors (Lipinski definition) is 3. The molecule has 1 aromatic carbocycles. The first kappa shape index (κ1) is 16.6. The molecule has 5 nitrogen and oxygen atoms in total. The number of nitrogens with one attached hydrogen (secondary N) is 1. The van der Waals surface area contributed by atoms with Crippen molar-refractivity contribution in [3.63, 3.8) is 0 Å². The van der Waals surface area contributed by atoms with E-state index in [1.807, 2.05) is 0 Å². The Morgan fingerprint density at radius 3 is 2.05 bits per heavy atom. The van der Waals surface area contributed by atoms with Gasteiger partial charge >= 0.3 is 5.97 Å². The first-order valence-electron chi connectivity index (χ1n) is 5.82. The molecule has 0 aromatic heterocycles. The van der Waals surface area contributed by atoms with Crippen LogP contribution in [0.2, 0.25) is 10.0 Å². The number of benzene rings is 1. The molecule has 1 atom stereocenters. The zero-order valence-corrected chi connectivity index (χ0v) is 12.8. The normalized spacial score (nSPS) is 12.8. The summed E-state index contributed by atoms with van der Waals surface area (Å²) in [4.78, 5) is 23.3. The molecule has 0 saturated heterocycles. The highest BCUT2D eigenvalue weighted by Gasteiger charge is 2.32. The highest BCUT2D eigenvalue weighted by Crippen LogP contribution is 2.29. The van der Waals surface area contributed by atoms with E-state index in [4.69, 9.17) is 28.9 Å². The number of carbonyl (C=O) groups excluding carboxylic acids is 1. The maximum Gasteiger partial charge on any atom is 0.326 e. The molecule has 0 aliphatic carbocycles. The van der Waals surface area contributed by atoms with Gasteiger partial charge in [-0.25, -0.2) is 4.79 Å². The Morgan fingerprint density at radius 2 is 1.70 bits per heavy atom. The summed E-state index contributed by atoms with van der Waals surface area (Å²) in [5, 5.41) is 11.9. The van der Waals surface area contributed by atoms with E-state index in [0.29, 0.717) is 0 Å². The number of halogens is 2. The molecule has 4 N–H and O–H groups in total. The minimum Gasteiger partial charge on any atom is -0.480 e. The Bertz CT molecular complexity index is 530. The lowest BCUT2D eigenvalue weighted by molar-refractivity contribution is -0.142. The van der Waals surface area contributed by atoms with Crippen molar-refractivity contribution in [2.45, 2.75) is 26.8 Å². The lowest BCUT2D eigenvalue weighted by atomic mass is 9.86. The van der Waals surface area contributed by atoms with Crippen molar-refractivity contribution in [2.75, 3.05) is 5.73 Å². The Balaban J connectivity index is 3.04. The first-order valence-corrected chi connectivity index (χ1v) is 6.58. The van der Waals surface area contributed by atoms with Crippen molar-refractivity contribution in [1.29, 1.82) is 0 Å². The Hall–Kier alpha value is -1.46. The van der Waals surface area contributed by atoms with Crippen LogP contribution in [-0.2, 0) is 4.79 Å². The number of carboxylic acids is 1. The van der Waals surface area contributed by atoms with Gasteiger partial charge in [0.05, 0.1) is 15.7 Å². The van der Waals surface area contributed by atoms with Crippen LogP contribution in [0.5, 0.6) is 0 Å². The van der Waals surface area contributed by atoms with E-state index in [0.717, 1.165) is 0 Å². The zero-order chi connectivity index (χ0) is 15.7. The average molecular weight is 319 g/mol. The molecule has 7 heteroatoms. The van der Waals surface area contributed by atoms with E-state index >= 15 is 0 Å². The SMILES string of the molecule is CC(C)(C)[C@H](NC(=O)c1cc(Cl)c(N)c(Cl)c1)C(=O)O. The summed E-state index contributed by atoms with van der Waals surface area (Å²) in [6.07, 6.45) is 0. The molecule has 0 unspecified atom stereocenters. The van der Waals surface area contributed by atoms with Crippen molar-refractivity contribution in [3.05, 3.63) is 27.7 Å². The van der Waals surface area contributed by atoms with Crippen LogP contribution in [-0.4, -0.2) is 23.0 Å². The predicted octanol–water partition coefficient (Wildman–Crippen LogP) is 2.80. The summed E-state index contributed by atoms with van der Waals surface area (Å²) < 4.78 is 0. The van der Waals surface area contributed by atoms with Crippen LogP contribution < -0.4 is 11.1 Å². The quantitative estimate of drug-likeness (QED) is 0.747. The molecule has 20 heavy (non-hydrogen) atoms. The number of carbonyl (C=O) groups is 2. The van der Waals surface area contributed by atoms with Crippen LogP contribution >= 0.6 is 23.2 Å². The molecule has 0 heterocycles. The molecule has 0 saturated carbocycles. The Labute approximate surface area is 127 Å². The molecule has 0 spiro atoms. The van der Waals surface area contributed by atoms with E-state index in [-0.39, 0.29) is 21.3 Å². The third-order valence-electron chi connectivity index (χ3n) is 2.73. The summed E-state index contributed by atoms with van der Waals surface area (Å²) in [5.74, 6) is -1.69. The molecule has 1 rings (SSSR count). The second kappa shape index (κ2) is 5.89. The first-order chi connectivity index (χ1) is 9.04. The van der Waals surface area contributed by atoms with Gasteiger partial charge in [-0.2, -0.15) is 0 Å². The van der Waals surface area contributed by atoms with Gasteiger partial charge in [0, 0.05) is 5.56 Å². The monoisotopic (exact) mass is 318 g/mol. The van der Waals surface area contributed by atoms with Gasteiger partial charge in [0.15, 0.2) is 0 Å². The average Bonchev–Trinajstić information content (AvgIpc) is 2.30. The summed E-state index contributed by atoms with van der Waals surface area (Å²) >= 11 is 11.7. The van der Waals surface area contributed by atoms with Crippen LogP contribution in [0.4, 0.5) is 5.69 Å². The third-order valence-corrected chi connectivity index (χ3v) is 3.36. The number of nitrogens with two attached hydrogens (primary N) is 1. The van der Waals surface area contributed by atoms with Crippen molar-refractivity contribution < 1.29 is 14.7 Å². The Morgan fingerprint density at radius 1 is 1.25 bits per heavy atom. The topological polar surface area (TPSA) is 92.4 Å². The highest BCUT2D eigenvalue weighted by molar-refractivity contribution is 6.39.